The normalized spacial score (nSPS) is 56.5. The molecule has 0 radical (unpaired) electrons. The number of carbonyl (C=O) groups excluding carboxylic acids is 1. The van der Waals surface area contributed by atoms with Crippen molar-refractivity contribution < 1.29 is 81.3 Å². The van der Waals surface area contributed by atoms with Crippen molar-refractivity contribution in [3.63, 3.8) is 0 Å². The highest BCUT2D eigenvalue weighted by Gasteiger charge is 2.66. The van der Waals surface area contributed by atoms with Gasteiger partial charge in [0, 0.05) is 75.0 Å². The number of esters is 1. The van der Waals surface area contributed by atoms with Crippen molar-refractivity contribution in [2.75, 3.05) is 6.54 Å². The monoisotopic (exact) mass is 1090 g/mol. The quantitative estimate of drug-likeness (QED) is 0.0990. The summed E-state index contributed by atoms with van der Waals surface area (Å²) < 4.78 is 96.1. The molecule has 14 aliphatic heterocycles. The predicted octanol–water partition coefficient (Wildman–Crippen LogP) is 6.48. The van der Waals surface area contributed by atoms with E-state index in [9.17, 15) is 15.0 Å². The van der Waals surface area contributed by atoms with Crippen LogP contribution in [0.4, 0.5) is 0 Å². The lowest BCUT2D eigenvalue weighted by molar-refractivity contribution is -0.370. The summed E-state index contributed by atoms with van der Waals surface area (Å²) in [6, 6.07) is 0. The smallest absolute Gasteiger partial charge is 0.308 e. The Labute approximate surface area is 457 Å². The summed E-state index contributed by atoms with van der Waals surface area (Å²) in [5, 5.41) is 26.0. The van der Waals surface area contributed by atoms with Crippen LogP contribution in [0.15, 0.2) is 29.4 Å². The molecular formula is C58H83N3O17. The van der Waals surface area contributed by atoms with Crippen LogP contribution >= 0.6 is 0 Å². The molecule has 0 aromatic rings. The van der Waals surface area contributed by atoms with Crippen LogP contribution in [0, 0.1) is 23.7 Å². The van der Waals surface area contributed by atoms with Crippen molar-refractivity contribution in [1.82, 2.24) is 0 Å². The molecule has 0 aromatic heterocycles. The molecule has 432 valence electrons. The first-order valence-corrected chi connectivity index (χ1v) is 30.1. The largest absolute Gasteiger partial charge is 0.459 e. The Morgan fingerprint density at radius 1 is 0.538 bits per heavy atom. The molecule has 0 aromatic carbocycles. The van der Waals surface area contributed by atoms with Gasteiger partial charge in [0.2, 0.25) is 0 Å². The number of hydrogen-bond acceptors (Lipinski definition) is 18. The minimum atomic E-state index is -0.996. The zero-order valence-electron chi connectivity index (χ0n) is 45.8. The van der Waals surface area contributed by atoms with E-state index >= 15 is 0 Å². The number of carbonyl (C=O) groups is 1. The van der Waals surface area contributed by atoms with Gasteiger partial charge >= 0.3 is 5.97 Å². The standard InChI is InChI=1S/C58H83N3O17/c1-26-13-32-7-9-37-27(2)14-34(65-37)11-12-56-22-36(63)54(78-56)43-19-45(74-56)55-38(68-43)10-8-33(67-55)15-49(64)72-53-31(6)52-42(69-41(53)17-39(66-32)30(26)5)18-40-46(70-52)23-58(73-40)24-47-51(77-58)29(4)21-57(76-47)20-28(3)50-44(75-57)16-35(62)48(71-50)25-60-61-59/h26,28-29,31-48,50-55,62-63H,2,5,7-25H2,1,3-4,6H3/t26-,28+,29+,31+,32+,33-,34+,35-,36-,37+,38+,39-,40-,41+,42+,43-,44+,45?,46-,47+,48-,50+,51+,52+,53-,54?,55+,56-,57-,58+/m1/s1. The molecule has 30 atom stereocenters. The lowest BCUT2D eigenvalue weighted by Crippen LogP contribution is -2.62. The summed E-state index contributed by atoms with van der Waals surface area (Å²) in [4.78, 5) is 17.4. The topological polar surface area (TPSA) is 236 Å². The fraction of sp³-hybridized carbons (Fsp3) is 0.914. The molecule has 2 unspecified atom stereocenters. The molecule has 0 amide bonds. The maximum atomic E-state index is 14.5. The number of aliphatic hydroxyl groups is 2. The van der Waals surface area contributed by atoms with E-state index in [1.807, 2.05) is 0 Å². The van der Waals surface area contributed by atoms with Gasteiger partial charge in [0.25, 0.3) is 0 Å². The molecule has 10 bridgehead atoms. The molecule has 78 heavy (non-hydrogen) atoms. The maximum absolute atomic E-state index is 14.5. The van der Waals surface area contributed by atoms with E-state index in [2.05, 4.69) is 50.9 Å². The third-order valence-corrected chi connectivity index (χ3v) is 21.2. The zero-order valence-corrected chi connectivity index (χ0v) is 45.8. The number of rotatable bonds is 2. The average Bonchev–Trinajstić information content (AvgIpc) is 4.23. The van der Waals surface area contributed by atoms with Crippen LogP contribution in [0.2, 0.25) is 0 Å². The minimum Gasteiger partial charge on any atom is -0.459 e. The predicted molar refractivity (Wildman–Crippen MR) is 272 cm³/mol. The molecule has 14 fully saturated rings. The summed E-state index contributed by atoms with van der Waals surface area (Å²) in [5.41, 5.74) is 11.0. The van der Waals surface area contributed by atoms with Gasteiger partial charge in [-0.05, 0) is 79.4 Å². The van der Waals surface area contributed by atoms with Gasteiger partial charge in [0.15, 0.2) is 17.4 Å². The summed E-state index contributed by atoms with van der Waals surface area (Å²) in [7, 11) is 0. The highest BCUT2D eigenvalue weighted by molar-refractivity contribution is 5.70. The van der Waals surface area contributed by atoms with Crippen molar-refractivity contribution >= 4 is 5.97 Å². The number of ether oxygens (including phenoxy) is 14. The van der Waals surface area contributed by atoms with E-state index in [0.717, 1.165) is 36.8 Å². The van der Waals surface area contributed by atoms with E-state index in [4.69, 9.17) is 71.8 Å². The average molecular weight is 1090 g/mol. The van der Waals surface area contributed by atoms with Crippen molar-refractivity contribution in [1.29, 1.82) is 0 Å². The van der Waals surface area contributed by atoms with Gasteiger partial charge in [-0.1, -0.05) is 46.0 Å². The van der Waals surface area contributed by atoms with Gasteiger partial charge in [0.05, 0.1) is 135 Å². The Morgan fingerprint density at radius 3 is 2.05 bits per heavy atom. The van der Waals surface area contributed by atoms with Crippen LogP contribution in [0.1, 0.15) is 143 Å². The molecular weight excluding hydrogens is 1010 g/mol. The number of aliphatic hydroxyl groups excluding tert-OH is 2. The molecule has 20 heteroatoms. The molecule has 20 nitrogen and oxygen atoms in total. The summed E-state index contributed by atoms with van der Waals surface area (Å²) in [5.74, 6) is -3.03. The molecule has 3 spiro atoms. The first-order chi connectivity index (χ1) is 37.5. The molecule has 14 saturated heterocycles. The van der Waals surface area contributed by atoms with E-state index < -0.39 is 66.2 Å². The van der Waals surface area contributed by atoms with Crippen LogP contribution in [0.3, 0.4) is 0 Å². The third kappa shape index (κ3) is 9.66. The third-order valence-electron chi connectivity index (χ3n) is 21.2. The molecule has 0 saturated carbocycles. The minimum absolute atomic E-state index is 0.0363. The number of fused-ring (bicyclic) bond motifs is 13. The number of azide groups is 1. The molecule has 2 N–H and O–H groups in total. The van der Waals surface area contributed by atoms with Crippen molar-refractivity contribution in [2.24, 2.45) is 28.8 Å². The summed E-state index contributed by atoms with van der Waals surface area (Å²) >= 11 is 0. The Morgan fingerprint density at radius 2 is 1.21 bits per heavy atom. The Bertz CT molecular complexity index is 2360. The van der Waals surface area contributed by atoms with Gasteiger partial charge in [-0.25, -0.2) is 0 Å². The van der Waals surface area contributed by atoms with E-state index in [0.29, 0.717) is 83.5 Å². The molecule has 0 aliphatic carbocycles. The second-order valence-corrected chi connectivity index (χ2v) is 26.7. The van der Waals surface area contributed by atoms with Crippen molar-refractivity contribution in [3.05, 3.63) is 34.7 Å². The highest BCUT2D eigenvalue weighted by Crippen LogP contribution is 2.56. The van der Waals surface area contributed by atoms with Crippen LogP contribution in [-0.4, -0.2) is 180 Å². The lowest BCUT2D eigenvalue weighted by atomic mass is 9.78. The number of nitrogens with zero attached hydrogens (tertiary/aromatic N) is 3. The van der Waals surface area contributed by atoms with Crippen LogP contribution in [0.5, 0.6) is 0 Å². The SMILES string of the molecule is C=C1C[C@@H]2CC[C@]34C[C@@H](O)C(O3)[C@H]3CC(O4)[C@H]4O[C@H](CC[C@@H]4O3)CC(=O)O[C@@H]3[C@@H](C)[C@@H]4O[C@@H]5C[C@]6(C[C@@H]7O[C@]8(C[C@H](C)[C@@H]9O[C@H](CN=[N+]=[N-])[C@H](O)C[C@@H]9O8)C[C@H](C)[C@@H]7O6)O[C@@H]5C[C@@H]4O[C@H]3C[C@H]3O[C@@H](CC[C@@H]1O2)C[C@@H](C)C3=C. The van der Waals surface area contributed by atoms with E-state index in [-0.39, 0.29) is 134 Å². The van der Waals surface area contributed by atoms with E-state index in [1.54, 1.807) is 0 Å². The summed E-state index contributed by atoms with van der Waals surface area (Å²) in [6.45, 7) is 17.8. The van der Waals surface area contributed by atoms with Gasteiger partial charge in [-0.2, -0.15) is 0 Å². The molecule has 14 heterocycles. The van der Waals surface area contributed by atoms with Crippen LogP contribution in [0.25, 0.3) is 10.4 Å². The van der Waals surface area contributed by atoms with Crippen LogP contribution < -0.4 is 0 Å². The van der Waals surface area contributed by atoms with E-state index in [1.165, 1.54) is 0 Å². The van der Waals surface area contributed by atoms with Crippen LogP contribution in [-0.2, 0) is 71.1 Å². The summed E-state index contributed by atoms with van der Waals surface area (Å²) in [6.07, 6.45) is 1.97. The second kappa shape index (κ2) is 20.5. The first kappa shape index (κ1) is 53.7. The highest BCUT2D eigenvalue weighted by atomic mass is 16.8. The molecule has 14 aliphatic rings. The van der Waals surface area contributed by atoms with Gasteiger partial charge in [-0.15, -0.1) is 0 Å². The Hall–Kier alpha value is -2.34. The fourth-order valence-electron chi connectivity index (χ4n) is 17.5. The van der Waals surface area contributed by atoms with Gasteiger partial charge < -0.3 is 76.5 Å². The maximum Gasteiger partial charge on any atom is 0.308 e. The zero-order chi connectivity index (χ0) is 53.6. The van der Waals surface area contributed by atoms with Gasteiger partial charge in [0.1, 0.15) is 18.3 Å². The fourth-order valence-corrected chi connectivity index (χ4v) is 17.5. The lowest BCUT2D eigenvalue weighted by Gasteiger charge is -2.54. The van der Waals surface area contributed by atoms with Crippen molar-refractivity contribution in [3.8, 4) is 0 Å². The van der Waals surface area contributed by atoms with Gasteiger partial charge in [-0.3, -0.25) is 4.79 Å². The Balaban J connectivity index is 0.687. The van der Waals surface area contributed by atoms with Crippen molar-refractivity contribution in [2.45, 2.75) is 301 Å². The second-order valence-electron chi connectivity index (χ2n) is 26.7. The number of hydrogen-bond donors (Lipinski definition) is 2. The first-order valence-electron chi connectivity index (χ1n) is 30.1. The Kier molecular flexibility index (Phi) is 14.1. The molecule has 14 rings (SSSR count).